The molecular formula is C16H8Br4. The highest BCUT2D eigenvalue weighted by molar-refractivity contribution is 9.13. The molecule has 100 valence electrons. The van der Waals surface area contributed by atoms with Gasteiger partial charge in [-0.1, -0.05) is 24.3 Å². The van der Waals surface area contributed by atoms with Gasteiger partial charge in [0, 0.05) is 17.9 Å². The SMILES string of the molecule is Brc1cc2/c(cc1Br)=C\C=c1\cc(Br)c(Br)c\c1=C\C=2. The van der Waals surface area contributed by atoms with Gasteiger partial charge in [0.15, 0.2) is 0 Å². The van der Waals surface area contributed by atoms with Crippen LogP contribution in [0, 0.1) is 0 Å². The van der Waals surface area contributed by atoms with Crippen molar-refractivity contribution in [2.24, 2.45) is 0 Å². The first-order valence-corrected chi connectivity index (χ1v) is 9.06. The second kappa shape index (κ2) is 5.91. The number of halogens is 4. The average Bonchev–Trinajstić information content (AvgIpc) is 2.40. The molecule has 0 saturated carbocycles. The maximum absolute atomic E-state index is 3.55. The monoisotopic (exact) mass is 516 g/mol. The van der Waals surface area contributed by atoms with Crippen LogP contribution in [0.2, 0.25) is 0 Å². The normalized spacial score (nSPS) is 19.4. The Morgan fingerprint density at radius 2 is 0.600 bits per heavy atom. The van der Waals surface area contributed by atoms with Crippen molar-refractivity contribution in [1.82, 2.24) is 0 Å². The number of hydrogen-bond donors (Lipinski definition) is 0. The fourth-order valence-corrected chi connectivity index (χ4v) is 3.54. The zero-order chi connectivity index (χ0) is 14.3. The Kier molecular flexibility index (Phi) is 4.37. The summed E-state index contributed by atoms with van der Waals surface area (Å²) in [6, 6.07) is 8.50. The zero-order valence-electron chi connectivity index (χ0n) is 10.1. The average molecular weight is 520 g/mol. The predicted octanol–water partition coefficient (Wildman–Crippen LogP) is 3.57. The Balaban J connectivity index is 2.40. The highest BCUT2D eigenvalue weighted by Crippen LogP contribution is 2.19. The van der Waals surface area contributed by atoms with E-state index < -0.39 is 0 Å². The Morgan fingerprint density at radius 1 is 0.400 bits per heavy atom. The first kappa shape index (κ1) is 14.8. The second-order valence-electron chi connectivity index (χ2n) is 4.46. The van der Waals surface area contributed by atoms with Crippen LogP contribution in [-0.2, 0) is 0 Å². The van der Waals surface area contributed by atoms with Crippen molar-refractivity contribution in [2.45, 2.75) is 0 Å². The van der Waals surface area contributed by atoms with Gasteiger partial charge in [-0.05, 0) is 109 Å². The van der Waals surface area contributed by atoms with E-state index in [1.165, 1.54) is 20.9 Å². The van der Waals surface area contributed by atoms with Gasteiger partial charge < -0.3 is 0 Å². The summed E-state index contributed by atoms with van der Waals surface area (Å²) in [5.74, 6) is 0. The number of fused-ring (bicyclic) bond motifs is 2. The summed E-state index contributed by atoms with van der Waals surface area (Å²) in [5, 5.41) is 4.78. The fraction of sp³-hybridized carbons (Fsp3) is 0. The smallest absolute Gasteiger partial charge is 0.0323 e. The largest absolute Gasteiger partial charge is 0.0537 e. The Labute approximate surface area is 150 Å². The van der Waals surface area contributed by atoms with Crippen molar-refractivity contribution in [2.75, 3.05) is 0 Å². The van der Waals surface area contributed by atoms with Crippen LogP contribution < -0.4 is 20.9 Å². The molecule has 0 radical (unpaired) electrons. The molecule has 0 amide bonds. The summed E-state index contributed by atoms with van der Waals surface area (Å²) in [4.78, 5) is 0. The van der Waals surface area contributed by atoms with Crippen molar-refractivity contribution in [1.29, 1.82) is 0 Å². The molecule has 0 heterocycles. The predicted molar refractivity (Wildman–Crippen MR) is 100 cm³/mol. The molecule has 2 aromatic carbocycles. The second-order valence-corrected chi connectivity index (χ2v) is 7.87. The molecule has 0 bridgehead atoms. The summed E-state index contributed by atoms with van der Waals surface area (Å²) in [6.07, 6.45) is 8.59. The molecule has 2 aromatic rings. The maximum atomic E-state index is 3.55. The lowest BCUT2D eigenvalue weighted by Gasteiger charge is -2.00. The number of benzene rings is 2. The minimum Gasteiger partial charge on any atom is -0.0537 e. The van der Waals surface area contributed by atoms with E-state index in [0.29, 0.717) is 0 Å². The van der Waals surface area contributed by atoms with Gasteiger partial charge in [-0.25, -0.2) is 0 Å². The topological polar surface area (TPSA) is 0 Å². The summed E-state index contributed by atoms with van der Waals surface area (Å²) < 4.78 is 4.25. The lowest BCUT2D eigenvalue weighted by molar-refractivity contribution is 1.43. The molecule has 0 spiro atoms. The summed E-state index contributed by atoms with van der Waals surface area (Å²) in [7, 11) is 0. The maximum Gasteiger partial charge on any atom is 0.0323 e. The van der Waals surface area contributed by atoms with Gasteiger partial charge in [0.1, 0.15) is 0 Å². The fourth-order valence-electron chi connectivity index (χ4n) is 2.09. The van der Waals surface area contributed by atoms with Gasteiger partial charge in [0.05, 0.1) is 0 Å². The van der Waals surface area contributed by atoms with Crippen molar-refractivity contribution in [3.63, 3.8) is 0 Å². The molecule has 1 aliphatic carbocycles. The molecule has 0 nitrogen and oxygen atoms in total. The molecule has 0 unspecified atom stereocenters. The number of hydrogen-bond acceptors (Lipinski definition) is 0. The quantitative estimate of drug-likeness (QED) is 0.499. The number of rotatable bonds is 0. The van der Waals surface area contributed by atoms with E-state index in [1.807, 2.05) is 0 Å². The van der Waals surface area contributed by atoms with Crippen LogP contribution in [0.4, 0.5) is 0 Å². The van der Waals surface area contributed by atoms with Crippen molar-refractivity contribution < 1.29 is 0 Å². The zero-order valence-corrected chi connectivity index (χ0v) is 16.5. The summed E-state index contributed by atoms with van der Waals surface area (Å²) >= 11 is 14.2. The van der Waals surface area contributed by atoms with Gasteiger partial charge >= 0.3 is 0 Å². The lowest BCUT2D eigenvalue weighted by Crippen LogP contribution is -2.29. The highest BCUT2D eigenvalue weighted by atomic mass is 79.9. The van der Waals surface area contributed by atoms with Crippen LogP contribution in [0.15, 0.2) is 42.2 Å². The van der Waals surface area contributed by atoms with Gasteiger partial charge in [-0.3, -0.25) is 0 Å². The highest BCUT2D eigenvalue weighted by Gasteiger charge is 1.99. The van der Waals surface area contributed by atoms with Crippen LogP contribution in [0.25, 0.3) is 24.3 Å². The molecule has 0 N–H and O–H groups in total. The first-order valence-electron chi connectivity index (χ1n) is 5.89. The minimum absolute atomic E-state index is 1.06. The van der Waals surface area contributed by atoms with Crippen LogP contribution >= 0.6 is 63.7 Å². The van der Waals surface area contributed by atoms with Gasteiger partial charge in [-0.15, -0.1) is 0 Å². The standard InChI is InChI=1S/C16H8Br4/c17-13-5-9-1-2-10-6-14(18)16(20)8-12(10)4-3-11(9)7-15(13)19/h1-8H/b2-1?,4-3?,9-1-,10-2-,11-3-,12-4-. The molecule has 0 atom stereocenters. The van der Waals surface area contributed by atoms with E-state index in [-0.39, 0.29) is 0 Å². The van der Waals surface area contributed by atoms with Crippen LogP contribution in [-0.4, -0.2) is 0 Å². The third kappa shape index (κ3) is 2.89. The lowest BCUT2D eigenvalue weighted by atomic mass is 10.1. The Bertz CT molecular complexity index is 782. The molecule has 0 fully saturated rings. The van der Waals surface area contributed by atoms with Crippen LogP contribution in [0.5, 0.6) is 0 Å². The molecular weight excluding hydrogens is 512 g/mol. The minimum atomic E-state index is 1.06. The third-order valence-electron chi connectivity index (χ3n) is 3.14. The molecule has 4 heteroatoms. The Hall–Kier alpha value is -0.160. The van der Waals surface area contributed by atoms with Crippen molar-refractivity contribution in [3.05, 3.63) is 63.0 Å². The summed E-state index contributed by atoms with van der Waals surface area (Å²) in [6.45, 7) is 0. The van der Waals surface area contributed by atoms with Crippen molar-refractivity contribution >= 4 is 88.0 Å². The van der Waals surface area contributed by atoms with E-state index in [0.717, 1.165) is 17.9 Å². The third-order valence-corrected chi connectivity index (χ3v) is 6.83. The van der Waals surface area contributed by atoms with Gasteiger partial charge in [0.2, 0.25) is 0 Å². The van der Waals surface area contributed by atoms with E-state index in [4.69, 9.17) is 0 Å². The van der Waals surface area contributed by atoms with Crippen LogP contribution in [0.3, 0.4) is 0 Å². The van der Waals surface area contributed by atoms with Gasteiger partial charge in [-0.2, -0.15) is 0 Å². The summed E-state index contributed by atoms with van der Waals surface area (Å²) in [5.41, 5.74) is 0. The van der Waals surface area contributed by atoms with Gasteiger partial charge in [0.25, 0.3) is 0 Å². The molecule has 0 aromatic heterocycles. The van der Waals surface area contributed by atoms with E-state index in [1.54, 1.807) is 0 Å². The van der Waals surface area contributed by atoms with Crippen LogP contribution in [0.1, 0.15) is 0 Å². The van der Waals surface area contributed by atoms with E-state index in [9.17, 15) is 0 Å². The molecule has 3 rings (SSSR count). The molecule has 1 aliphatic rings. The molecule has 0 aliphatic heterocycles. The Morgan fingerprint density at radius 3 is 0.800 bits per heavy atom. The van der Waals surface area contributed by atoms with Crippen molar-refractivity contribution in [3.8, 4) is 0 Å². The first-order chi connectivity index (χ1) is 9.54. The molecule has 0 saturated heterocycles. The van der Waals surface area contributed by atoms with E-state index in [2.05, 4.69) is 112 Å². The van der Waals surface area contributed by atoms with E-state index >= 15 is 0 Å². The molecule has 20 heavy (non-hydrogen) atoms.